The molecule has 0 saturated carbocycles. The van der Waals surface area contributed by atoms with E-state index in [-0.39, 0.29) is 0 Å². The summed E-state index contributed by atoms with van der Waals surface area (Å²) in [5.74, 6) is 0. The summed E-state index contributed by atoms with van der Waals surface area (Å²) in [5, 5.41) is 3.40. The van der Waals surface area contributed by atoms with Crippen LogP contribution in [0, 0.1) is 6.92 Å². The Balaban J connectivity index is 2.69. The second-order valence-corrected chi connectivity index (χ2v) is 3.56. The first-order valence-electron chi connectivity index (χ1n) is 5.40. The van der Waals surface area contributed by atoms with Gasteiger partial charge in [-0.05, 0) is 26.3 Å². The van der Waals surface area contributed by atoms with Crippen LogP contribution < -0.4 is 5.32 Å². The minimum Gasteiger partial charge on any atom is -0.309 e. The zero-order valence-corrected chi connectivity index (χ0v) is 9.53. The van der Waals surface area contributed by atoms with Crippen LogP contribution in [0.2, 0.25) is 0 Å². The number of aromatic nitrogens is 2. The Morgan fingerprint density at radius 1 is 1.47 bits per heavy atom. The Hall–Kier alpha value is -1.22. The fourth-order valence-electron chi connectivity index (χ4n) is 1.47. The highest BCUT2D eigenvalue weighted by Crippen LogP contribution is 2.15. The monoisotopic (exact) mass is 205 g/mol. The van der Waals surface area contributed by atoms with Gasteiger partial charge < -0.3 is 5.32 Å². The van der Waals surface area contributed by atoms with Gasteiger partial charge in [-0.15, -0.1) is 6.58 Å². The number of aryl methyl sites for hydroxylation is 1. The van der Waals surface area contributed by atoms with Gasteiger partial charge in [-0.25, -0.2) is 0 Å². The zero-order valence-electron chi connectivity index (χ0n) is 9.53. The molecule has 0 spiro atoms. The van der Waals surface area contributed by atoms with Crippen LogP contribution >= 0.6 is 0 Å². The van der Waals surface area contributed by atoms with Crippen LogP contribution in [0.15, 0.2) is 25.0 Å². The summed E-state index contributed by atoms with van der Waals surface area (Å²) in [7, 11) is 0. The van der Waals surface area contributed by atoms with Crippen molar-refractivity contribution in [3.63, 3.8) is 0 Å². The van der Waals surface area contributed by atoms with Crippen LogP contribution in [-0.4, -0.2) is 16.5 Å². The fourth-order valence-corrected chi connectivity index (χ4v) is 1.47. The van der Waals surface area contributed by atoms with E-state index in [2.05, 4.69) is 28.8 Å². The first-order valence-corrected chi connectivity index (χ1v) is 5.40. The fraction of sp³-hybridized carbons (Fsp3) is 0.500. The highest BCUT2D eigenvalue weighted by atomic mass is 14.9. The number of nitrogens with one attached hydrogen (secondary N) is 1. The van der Waals surface area contributed by atoms with E-state index >= 15 is 0 Å². The number of hydrogen-bond acceptors (Lipinski definition) is 3. The van der Waals surface area contributed by atoms with Crippen LogP contribution in [0.3, 0.4) is 0 Å². The molecule has 1 rings (SSSR count). The van der Waals surface area contributed by atoms with Crippen molar-refractivity contribution in [2.75, 3.05) is 6.54 Å². The molecule has 0 radical (unpaired) electrons. The van der Waals surface area contributed by atoms with Crippen molar-refractivity contribution >= 4 is 0 Å². The number of hydrogen-bond donors (Lipinski definition) is 1. The van der Waals surface area contributed by atoms with E-state index in [4.69, 9.17) is 0 Å². The van der Waals surface area contributed by atoms with E-state index in [1.807, 2.05) is 25.4 Å². The Bertz CT molecular complexity index is 292. The van der Waals surface area contributed by atoms with Gasteiger partial charge in [-0.1, -0.05) is 13.0 Å². The van der Waals surface area contributed by atoms with Crippen LogP contribution in [-0.2, 0) is 0 Å². The minimum absolute atomic E-state index is 0.293. The van der Waals surface area contributed by atoms with Gasteiger partial charge in [0.25, 0.3) is 0 Å². The van der Waals surface area contributed by atoms with Gasteiger partial charge in [-0.2, -0.15) is 0 Å². The van der Waals surface area contributed by atoms with E-state index < -0.39 is 0 Å². The summed E-state index contributed by atoms with van der Waals surface area (Å²) in [6, 6.07) is 0.293. The van der Waals surface area contributed by atoms with Gasteiger partial charge in [0, 0.05) is 6.20 Å². The smallest absolute Gasteiger partial charge is 0.0756 e. The third kappa shape index (κ3) is 3.80. The average molecular weight is 205 g/mol. The van der Waals surface area contributed by atoms with Crippen LogP contribution in [0.5, 0.6) is 0 Å². The highest BCUT2D eigenvalue weighted by Gasteiger charge is 2.10. The molecule has 0 aliphatic rings. The van der Waals surface area contributed by atoms with E-state index in [0.717, 1.165) is 30.8 Å². The summed E-state index contributed by atoms with van der Waals surface area (Å²) >= 11 is 0. The summed E-state index contributed by atoms with van der Waals surface area (Å²) < 4.78 is 0. The molecule has 0 saturated heterocycles. The summed E-state index contributed by atoms with van der Waals surface area (Å²) in [4.78, 5) is 8.65. The van der Waals surface area contributed by atoms with Gasteiger partial charge in [0.05, 0.1) is 23.6 Å². The first-order chi connectivity index (χ1) is 7.27. The minimum atomic E-state index is 0.293. The predicted octanol–water partition coefficient (Wildman–Crippen LogP) is 2.40. The summed E-state index contributed by atoms with van der Waals surface area (Å²) in [5.41, 5.74) is 1.97. The first kappa shape index (κ1) is 11.9. The molecule has 0 aliphatic carbocycles. The molecule has 1 aromatic rings. The Labute approximate surface area is 91.7 Å². The van der Waals surface area contributed by atoms with Crippen LogP contribution in [0.4, 0.5) is 0 Å². The topological polar surface area (TPSA) is 37.8 Å². The molecule has 1 N–H and O–H groups in total. The molecule has 1 unspecified atom stereocenters. The quantitative estimate of drug-likeness (QED) is 0.725. The lowest BCUT2D eigenvalue weighted by atomic mass is 10.1. The molecule has 82 valence electrons. The molecule has 0 aromatic carbocycles. The molecule has 1 heterocycles. The van der Waals surface area contributed by atoms with Crippen molar-refractivity contribution < 1.29 is 0 Å². The molecule has 1 atom stereocenters. The third-order valence-electron chi connectivity index (χ3n) is 2.27. The van der Waals surface area contributed by atoms with E-state index in [1.165, 1.54) is 0 Å². The van der Waals surface area contributed by atoms with Crippen molar-refractivity contribution in [3.05, 3.63) is 36.4 Å². The highest BCUT2D eigenvalue weighted by molar-refractivity contribution is 5.06. The second-order valence-electron chi connectivity index (χ2n) is 3.56. The van der Waals surface area contributed by atoms with Gasteiger partial charge in [-0.3, -0.25) is 9.97 Å². The van der Waals surface area contributed by atoms with E-state index in [0.29, 0.717) is 6.04 Å². The molecule has 1 aromatic heterocycles. The van der Waals surface area contributed by atoms with Crippen molar-refractivity contribution in [3.8, 4) is 0 Å². The van der Waals surface area contributed by atoms with Crippen molar-refractivity contribution in [2.24, 2.45) is 0 Å². The van der Waals surface area contributed by atoms with Crippen molar-refractivity contribution in [1.29, 1.82) is 0 Å². The molecule has 0 aliphatic heterocycles. The number of rotatable bonds is 6. The Morgan fingerprint density at radius 2 is 2.27 bits per heavy atom. The van der Waals surface area contributed by atoms with Crippen molar-refractivity contribution in [1.82, 2.24) is 15.3 Å². The lowest BCUT2D eigenvalue weighted by Gasteiger charge is -2.15. The average Bonchev–Trinajstić information content (AvgIpc) is 2.25. The van der Waals surface area contributed by atoms with E-state index in [9.17, 15) is 0 Å². The number of allylic oxidation sites excluding steroid dienone is 1. The lowest BCUT2D eigenvalue weighted by molar-refractivity contribution is 0.506. The zero-order chi connectivity index (χ0) is 11.1. The second kappa shape index (κ2) is 6.30. The molecule has 0 bridgehead atoms. The van der Waals surface area contributed by atoms with E-state index in [1.54, 1.807) is 0 Å². The Morgan fingerprint density at radius 3 is 2.80 bits per heavy atom. The number of nitrogens with zero attached hydrogens (tertiary/aromatic N) is 2. The molecular formula is C12H19N3. The SMILES string of the molecule is C=CCCC(NCC)c1cnc(C)cn1. The van der Waals surface area contributed by atoms with Gasteiger partial charge in [0.15, 0.2) is 0 Å². The lowest BCUT2D eigenvalue weighted by Crippen LogP contribution is -2.21. The summed E-state index contributed by atoms with van der Waals surface area (Å²) in [6.07, 6.45) is 7.62. The molecule has 3 nitrogen and oxygen atoms in total. The molecule has 0 fully saturated rings. The van der Waals surface area contributed by atoms with Crippen molar-refractivity contribution in [2.45, 2.75) is 32.7 Å². The van der Waals surface area contributed by atoms with Crippen LogP contribution in [0.1, 0.15) is 37.2 Å². The molecular weight excluding hydrogens is 186 g/mol. The standard InChI is InChI=1S/C12H19N3/c1-4-6-7-11(13-5-2)12-9-14-10(3)8-15-12/h4,8-9,11,13H,1,5-7H2,2-3H3. The maximum Gasteiger partial charge on any atom is 0.0756 e. The summed E-state index contributed by atoms with van der Waals surface area (Å²) in [6.45, 7) is 8.73. The Kier molecular flexibility index (Phi) is 4.98. The molecule has 0 amide bonds. The molecule has 15 heavy (non-hydrogen) atoms. The maximum absolute atomic E-state index is 4.39. The predicted molar refractivity (Wildman–Crippen MR) is 62.6 cm³/mol. The van der Waals surface area contributed by atoms with Crippen LogP contribution in [0.25, 0.3) is 0 Å². The third-order valence-corrected chi connectivity index (χ3v) is 2.27. The van der Waals surface area contributed by atoms with Gasteiger partial charge in [0.1, 0.15) is 0 Å². The molecule has 3 heteroatoms. The normalized spacial score (nSPS) is 12.4. The van der Waals surface area contributed by atoms with Gasteiger partial charge >= 0.3 is 0 Å². The maximum atomic E-state index is 4.39. The van der Waals surface area contributed by atoms with Gasteiger partial charge in [0.2, 0.25) is 0 Å². The largest absolute Gasteiger partial charge is 0.309 e.